The van der Waals surface area contributed by atoms with E-state index in [0.717, 1.165) is 11.3 Å². The van der Waals surface area contributed by atoms with Gasteiger partial charge in [0.1, 0.15) is 11.5 Å². The molecule has 4 nitrogen and oxygen atoms in total. The molecule has 1 aromatic carbocycles. The van der Waals surface area contributed by atoms with Crippen LogP contribution in [0.5, 0.6) is 5.75 Å². The number of oxazole rings is 1. The van der Waals surface area contributed by atoms with Crippen molar-refractivity contribution < 1.29 is 9.52 Å². The summed E-state index contributed by atoms with van der Waals surface area (Å²) < 4.78 is 5.31. The monoisotopic (exact) mass is 252 g/mol. The average molecular weight is 253 g/mol. The fourth-order valence-electron chi connectivity index (χ4n) is 1.49. The predicted molar refractivity (Wildman–Crippen MR) is 64.9 cm³/mol. The quantitative estimate of drug-likeness (QED) is 0.878. The van der Waals surface area contributed by atoms with Crippen LogP contribution in [0.15, 0.2) is 28.8 Å². The van der Waals surface area contributed by atoms with E-state index in [1.54, 1.807) is 18.3 Å². The molecule has 0 radical (unpaired) electrons. The minimum absolute atomic E-state index is 0.116. The maximum absolute atomic E-state index is 9.69. The third kappa shape index (κ3) is 2.99. The molecule has 0 atom stereocenters. The van der Waals surface area contributed by atoms with E-state index in [1.807, 2.05) is 13.0 Å². The third-order valence-corrected chi connectivity index (χ3v) is 2.64. The molecule has 1 heterocycles. The lowest BCUT2D eigenvalue weighted by Gasteiger charge is -2.06. The Kier molecular flexibility index (Phi) is 3.66. The SMILES string of the molecule is Cc1cnc(CNCc2cccc(Cl)c2O)o1. The summed E-state index contributed by atoms with van der Waals surface area (Å²) in [6.45, 7) is 2.87. The number of phenolic OH excluding ortho intramolecular Hbond substituents is 1. The van der Waals surface area contributed by atoms with Crippen LogP contribution in [0.4, 0.5) is 0 Å². The van der Waals surface area contributed by atoms with Crippen molar-refractivity contribution in [3.63, 3.8) is 0 Å². The Hall–Kier alpha value is -1.52. The molecule has 17 heavy (non-hydrogen) atoms. The summed E-state index contributed by atoms with van der Waals surface area (Å²) in [6, 6.07) is 5.27. The van der Waals surface area contributed by atoms with Gasteiger partial charge in [-0.3, -0.25) is 0 Å². The van der Waals surface area contributed by atoms with E-state index < -0.39 is 0 Å². The normalized spacial score (nSPS) is 10.7. The van der Waals surface area contributed by atoms with Gasteiger partial charge in [0, 0.05) is 12.1 Å². The highest BCUT2D eigenvalue weighted by atomic mass is 35.5. The van der Waals surface area contributed by atoms with E-state index in [-0.39, 0.29) is 5.75 Å². The van der Waals surface area contributed by atoms with Crippen LogP contribution in [0.3, 0.4) is 0 Å². The van der Waals surface area contributed by atoms with Gasteiger partial charge in [0.15, 0.2) is 0 Å². The van der Waals surface area contributed by atoms with Crippen LogP contribution in [-0.2, 0) is 13.1 Å². The average Bonchev–Trinajstić information content (AvgIpc) is 2.70. The van der Waals surface area contributed by atoms with Gasteiger partial charge in [-0.25, -0.2) is 4.98 Å². The number of para-hydroxylation sites is 1. The van der Waals surface area contributed by atoms with Crippen LogP contribution in [0.2, 0.25) is 5.02 Å². The highest BCUT2D eigenvalue weighted by Crippen LogP contribution is 2.26. The molecule has 5 heteroatoms. The van der Waals surface area contributed by atoms with E-state index in [1.165, 1.54) is 0 Å². The standard InChI is InChI=1S/C12H13ClN2O2/c1-8-5-15-11(17-8)7-14-6-9-3-2-4-10(13)12(9)16/h2-5,14,16H,6-7H2,1H3. The Labute approximate surface area is 104 Å². The molecule has 1 aromatic heterocycles. The maximum atomic E-state index is 9.69. The van der Waals surface area contributed by atoms with Crippen molar-refractivity contribution in [2.45, 2.75) is 20.0 Å². The summed E-state index contributed by atoms with van der Waals surface area (Å²) in [6.07, 6.45) is 1.67. The largest absolute Gasteiger partial charge is 0.506 e. The molecule has 0 aliphatic heterocycles. The molecule has 0 amide bonds. The molecule has 0 spiro atoms. The van der Waals surface area contributed by atoms with Gasteiger partial charge in [0.2, 0.25) is 5.89 Å². The number of aryl methyl sites for hydroxylation is 1. The van der Waals surface area contributed by atoms with Crippen LogP contribution in [0.1, 0.15) is 17.2 Å². The maximum Gasteiger partial charge on any atom is 0.208 e. The Morgan fingerprint density at radius 1 is 1.41 bits per heavy atom. The van der Waals surface area contributed by atoms with Gasteiger partial charge in [-0.1, -0.05) is 23.7 Å². The Balaban J connectivity index is 1.92. The number of aromatic nitrogens is 1. The highest BCUT2D eigenvalue weighted by Gasteiger charge is 2.05. The van der Waals surface area contributed by atoms with E-state index >= 15 is 0 Å². The lowest BCUT2D eigenvalue weighted by Crippen LogP contribution is -2.12. The zero-order chi connectivity index (χ0) is 12.3. The summed E-state index contributed by atoms with van der Waals surface area (Å²) in [5.41, 5.74) is 0.751. The van der Waals surface area contributed by atoms with Gasteiger partial charge >= 0.3 is 0 Å². The van der Waals surface area contributed by atoms with Crippen LogP contribution in [0.25, 0.3) is 0 Å². The molecule has 90 valence electrons. The number of phenols is 1. The van der Waals surface area contributed by atoms with E-state index in [4.69, 9.17) is 16.0 Å². The third-order valence-electron chi connectivity index (χ3n) is 2.33. The first-order valence-electron chi connectivity index (χ1n) is 5.25. The number of nitrogens with one attached hydrogen (secondary N) is 1. The fourth-order valence-corrected chi connectivity index (χ4v) is 1.68. The van der Waals surface area contributed by atoms with E-state index in [2.05, 4.69) is 10.3 Å². The van der Waals surface area contributed by atoms with Gasteiger partial charge in [0.25, 0.3) is 0 Å². The molecular formula is C12H13ClN2O2. The number of hydrogen-bond acceptors (Lipinski definition) is 4. The Morgan fingerprint density at radius 3 is 2.94 bits per heavy atom. The number of benzene rings is 1. The molecule has 2 aromatic rings. The molecular weight excluding hydrogens is 240 g/mol. The van der Waals surface area contributed by atoms with Gasteiger partial charge in [-0.2, -0.15) is 0 Å². The van der Waals surface area contributed by atoms with Crippen molar-refractivity contribution in [1.29, 1.82) is 0 Å². The van der Waals surface area contributed by atoms with Crippen LogP contribution < -0.4 is 5.32 Å². The lowest BCUT2D eigenvalue weighted by molar-refractivity contribution is 0.440. The Morgan fingerprint density at radius 2 is 2.24 bits per heavy atom. The Bertz CT molecular complexity index is 511. The van der Waals surface area contributed by atoms with Crippen molar-refractivity contribution in [3.05, 3.63) is 46.6 Å². The van der Waals surface area contributed by atoms with Crippen molar-refractivity contribution >= 4 is 11.6 Å². The van der Waals surface area contributed by atoms with Crippen molar-refractivity contribution in [3.8, 4) is 5.75 Å². The number of hydrogen-bond donors (Lipinski definition) is 2. The number of aromatic hydroxyl groups is 1. The summed E-state index contributed by atoms with van der Waals surface area (Å²) in [5.74, 6) is 1.53. The van der Waals surface area contributed by atoms with E-state index in [0.29, 0.717) is 24.0 Å². The predicted octanol–water partition coefficient (Wildman–Crippen LogP) is 2.63. The minimum atomic E-state index is 0.116. The topological polar surface area (TPSA) is 58.3 Å². The van der Waals surface area contributed by atoms with Crippen molar-refractivity contribution in [2.75, 3.05) is 0 Å². The zero-order valence-electron chi connectivity index (χ0n) is 9.40. The zero-order valence-corrected chi connectivity index (χ0v) is 10.2. The van der Waals surface area contributed by atoms with Gasteiger partial charge < -0.3 is 14.8 Å². The van der Waals surface area contributed by atoms with Crippen LogP contribution >= 0.6 is 11.6 Å². The smallest absolute Gasteiger partial charge is 0.208 e. The summed E-state index contributed by atoms with van der Waals surface area (Å²) in [5, 5.41) is 13.2. The molecule has 0 aliphatic carbocycles. The van der Waals surface area contributed by atoms with Gasteiger partial charge in [0.05, 0.1) is 17.8 Å². The minimum Gasteiger partial charge on any atom is -0.506 e. The van der Waals surface area contributed by atoms with Crippen LogP contribution in [-0.4, -0.2) is 10.1 Å². The molecule has 2 N–H and O–H groups in total. The molecule has 0 saturated heterocycles. The van der Waals surface area contributed by atoms with Gasteiger partial charge in [-0.15, -0.1) is 0 Å². The molecule has 0 bridgehead atoms. The second kappa shape index (κ2) is 5.21. The van der Waals surface area contributed by atoms with Crippen LogP contribution in [0, 0.1) is 6.92 Å². The molecule has 2 rings (SSSR count). The molecule has 0 aliphatic rings. The van der Waals surface area contributed by atoms with Crippen molar-refractivity contribution in [2.24, 2.45) is 0 Å². The first-order chi connectivity index (χ1) is 8.16. The summed E-state index contributed by atoms with van der Waals surface area (Å²) >= 11 is 5.80. The highest BCUT2D eigenvalue weighted by molar-refractivity contribution is 6.32. The summed E-state index contributed by atoms with van der Waals surface area (Å²) in [4.78, 5) is 4.07. The summed E-state index contributed by atoms with van der Waals surface area (Å²) in [7, 11) is 0. The molecule has 0 unspecified atom stereocenters. The van der Waals surface area contributed by atoms with Crippen molar-refractivity contribution in [1.82, 2.24) is 10.3 Å². The molecule has 0 fully saturated rings. The second-order valence-corrected chi connectivity index (χ2v) is 4.12. The number of nitrogens with zero attached hydrogens (tertiary/aromatic N) is 1. The number of halogens is 1. The number of rotatable bonds is 4. The van der Waals surface area contributed by atoms with Gasteiger partial charge in [-0.05, 0) is 13.0 Å². The first kappa shape index (κ1) is 12.0. The molecule has 0 saturated carbocycles. The first-order valence-corrected chi connectivity index (χ1v) is 5.63. The van der Waals surface area contributed by atoms with E-state index in [9.17, 15) is 5.11 Å². The second-order valence-electron chi connectivity index (χ2n) is 3.72. The lowest BCUT2D eigenvalue weighted by atomic mass is 10.2. The fraction of sp³-hybridized carbons (Fsp3) is 0.250.